The van der Waals surface area contributed by atoms with Crippen LogP contribution in [0.15, 0.2) is 6.07 Å². The fourth-order valence-corrected chi connectivity index (χ4v) is 1.85. The van der Waals surface area contributed by atoms with E-state index in [0.29, 0.717) is 13.1 Å². The third-order valence-corrected chi connectivity index (χ3v) is 2.84. The maximum atomic E-state index is 12.8. The van der Waals surface area contributed by atoms with E-state index in [0.717, 1.165) is 18.9 Å². The van der Waals surface area contributed by atoms with Gasteiger partial charge in [0, 0.05) is 33.3 Å². The van der Waals surface area contributed by atoms with Gasteiger partial charge in [0.25, 0.3) is 0 Å². The number of aromatic nitrogens is 2. The lowest BCUT2D eigenvalue weighted by molar-refractivity contribution is -0.141. The van der Waals surface area contributed by atoms with E-state index in [1.807, 2.05) is 0 Å². The summed E-state index contributed by atoms with van der Waals surface area (Å²) in [6.07, 6.45) is -2.50. The van der Waals surface area contributed by atoms with Gasteiger partial charge in [-0.15, -0.1) is 0 Å². The largest absolute Gasteiger partial charge is 0.433 e. The van der Waals surface area contributed by atoms with Gasteiger partial charge in [0.1, 0.15) is 5.82 Å². The predicted octanol–water partition coefficient (Wildman–Crippen LogP) is 2.16. The molecule has 1 saturated heterocycles. The standard InChI is InChI=1S/C11H15F3N4/c1-17(2)9-7-8(11(12,13)14)15-10(16-9)18-5-3-4-6-18/h7H,3-6H2,1-2H3. The molecule has 7 heteroatoms. The predicted molar refractivity (Wildman–Crippen MR) is 62.8 cm³/mol. The summed E-state index contributed by atoms with van der Waals surface area (Å²) in [6.45, 7) is 1.43. The van der Waals surface area contributed by atoms with Gasteiger partial charge in [0.2, 0.25) is 5.95 Å². The molecule has 1 aromatic rings. The summed E-state index contributed by atoms with van der Waals surface area (Å²) >= 11 is 0. The van der Waals surface area contributed by atoms with E-state index < -0.39 is 11.9 Å². The van der Waals surface area contributed by atoms with Gasteiger partial charge < -0.3 is 9.80 Å². The Morgan fingerprint density at radius 3 is 2.28 bits per heavy atom. The van der Waals surface area contributed by atoms with Gasteiger partial charge >= 0.3 is 6.18 Å². The molecule has 0 unspecified atom stereocenters. The fourth-order valence-electron chi connectivity index (χ4n) is 1.85. The van der Waals surface area contributed by atoms with Crippen LogP contribution in [0.4, 0.5) is 24.9 Å². The Morgan fingerprint density at radius 1 is 1.17 bits per heavy atom. The topological polar surface area (TPSA) is 32.3 Å². The van der Waals surface area contributed by atoms with Crippen LogP contribution in [0.25, 0.3) is 0 Å². The van der Waals surface area contributed by atoms with Crippen LogP contribution in [0.1, 0.15) is 18.5 Å². The minimum absolute atomic E-state index is 0.172. The summed E-state index contributed by atoms with van der Waals surface area (Å²) in [7, 11) is 3.33. The minimum atomic E-state index is -4.44. The maximum absolute atomic E-state index is 12.8. The van der Waals surface area contributed by atoms with Crippen molar-refractivity contribution in [2.75, 3.05) is 37.0 Å². The number of alkyl halides is 3. The van der Waals surface area contributed by atoms with E-state index >= 15 is 0 Å². The number of hydrogen-bond acceptors (Lipinski definition) is 4. The SMILES string of the molecule is CN(C)c1cc(C(F)(F)F)nc(N2CCCC2)n1. The molecule has 1 aromatic heterocycles. The van der Waals surface area contributed by atoms with Gasteiger partial charge in [-0.3, -0.25) is 0 Å². The van der Waals surface area contributed by atoms with Crippen molar-refractivity contribution < 1.29 is 13.2 Å². The lowest BCUT2D eigenvalue weighted by Crippen LogP contribution is -2.24. The molecule has 100 valence electrons. The molecular weight excluding hydrogens is 245 g/mol. The Labute approximate surface area is 103 Å². The molecule has 0 aliphatic carbocycles. The highest BCUT2D eigenvalue weighted by atomic mass is 19.4. The molecule has 1 fully saturated rings. The molecule has 0 aromatic carbocycles. The second kappa shape index (κ2) is 4.62. The van der Waals surface area contributed by atoms with Crippen molar-refractivity contribution in [2.24, 2.45) is 0 Å². The molecule has 4 nitrogen and oxygen atoms in total. The summed E-state index contributed by atoms with van der Waals surface area (Å²) in [6, 6.07) is 0.972. The summed E-state index contributed by atoms with van der Waals surface area (Å²) in [5, 5.41) is 0. The molecule has 2 rings (SSSR count). The van der Waals surface area contributed by atoms with Crippen LogP contribution in [0.5, 0.6) is 0 Å². The third-order valence-electron chi connectivity index (χ3n) is 2.84. The fraction of sp³-hybridized carbons (Fsp3) is 0.636. The molecule has 1 aliphatic rings. The second-order valence-electron chi connectivity index (χ2n) is 4.50. The first kappa shape index (κ1) is 12.9. The third kappa shape index (κ3) is 2.65. The number of anilines is 2. The van der Waals surface area contributed by atoms with Crippen LogP contribution in [-0.2, 0) is 6.18 Å². The van der Waals surface area contributed by atoms with Crippen molar-refractivity contribution >= 4 is 11.8 Å². The molecule has 0 atom stereocenters. The van der Waals surface area contributed by atoms with Gasteiger partial charge in [0.15, 0.2) is 5.69 Å². The first-order chi connectivity index (χ1) is 8.38. The molecule has 0 N–H and O–H groups in total. The summed E-state index contributed by atoms with van der Waals surface area (Å²) in [4.78, 5) is 11.1. The number of rotatable bonds is 2. The van der Waals surface area contributed by atoms with Crippen LogP contribution in [-0.4, -0.2) is 37.2 Å². The van der Waals surface area contributed by atoms with Crippen molar-refractivity contribution in [3.63, 3.8) is 0 Å². The van der Waals surface area contributed by atoms with E-state index in [1.165, 1.54) is 0 Å². The molecule has 0 amide bonds. The van der Waals surface area contributed by atoms with Crippen molar-refractivity contribution in [1.82, 2.24) is 9.97 Å². The van der Waals surface area contributed by atoms with Gasteiger partial charge in [0.05, 0.1) is 0 Å². The molecule has 2 heterocycles. The quantitative estimate of drug-likeness (QED) is 0.815. The van der Waals surface area contributed by atoms with Crippen LogP contribution < -0.4 is 9.80 Å². The van der Waals surface area contributed by atoms with Crippen LogP contribution >= 0.6 is 0 Å². The zero-order chi connectivity index (χ0) is 13.3. The van der Waals surface area contributed by atoms with E-state index in [-0.39, 0.29) is 11.8 Å². The van der Waals surface area contributed by atoms with E-state index in [2.05, 4.69) is 9.97 Å². The molecule has 1 aliphatic heterocycles. The zero-order valence-corrected chi connectivity index (χ0v) is 10.3. The van der Waals surface area contributed by atoms with Gasteiger partial charge in [-0.2, -0.15) is 18.2 Å². The molecule has 0 bridgehead atoms. The Balaban J connectivity index is 2.42. The van der Waals surface area contributed by atoms with Gasteiger partial charge in [-0.05, 0) is 12.8 Å². The second-order valence-corrected chi connectivity index (χ2v) is 4.50. The highest BCUT2D eigenvalue weighted by Crippen LogP contribution is 2.31. The summed E-state index contributed by atoms with van der Waals surface area (Å²) in [5.41, 5.74) is -0.886. The average Bonchev–Trinajstić information content (AvgIpc) is 2.80. The summed E-state index contributed by atoms with van der Waals surface area (Å²) in [5.74, 6) is 0.449. The zero-order valence-electron chi connectivity index (χ0n) is 10.3. The van der Waals surface area contributed by atoms with E-state index in [4.69, 9.17) is 0 Å². The van der Waals surface area contributed by atoms with Crippen LogP contribution in [0.3, 0.4) is 0 Å². The Hall–Kier alpha value is -1.53. The minimum Gasteiger partial charge on any atom is -0.363 e. The number of hydrogen-bond donors (Lipinski definition) is 0. The number of nitrogens with zero attached hydrogens (tertiary/aromatic N) is 4. The van der Waals surface area contributed by atoms with E-state index in [9.17, 15) is 13.2 Å². The Morgan fingerprint density at radius 2 is 1.78 bits per heavy atom. The normalized spacial score (nSPS) is 16.2. The maximum Gasteiger partial charge on any atom is 0.433 e. The van der Waals surface area contributed by atoms with Crippen molar-refractivity contribution in [2.45, 2.75) is 19.0 Å². The lowest BCUT2D eigenvalue weighted by Gasteiger charge is -2.20. The van der Waals surface area contributed by atoms with Crippen LogP contribution in [0.2, 0.25) is 0 Å². The summed E-state index contributed by atoms with van der Waals surface area (Å²) < 4.78 is 38.3. The highest BCUT2D eigenvalue weighted by Gasteiger charge is 2.34. The van der Waals surface area contributed by atoms with Crippen molar-refractivity contribution in [3.8, 4) is 0 Å². The Bertz CT molecular complexity index is 425. The Kier molecular flexibility index (Phi) is 3.32. The molecule has 0 radical (unpaired) electrons. The van der Waals surface area contributed by atoms with E-state index in [1.54, 1.807) is 23.9 Å². The molecule has 0 saturated carbocycles. The molecular formula is C11H15F3N4. The van der Waals surface area contributed by atoms with Crippen molar-refractivity contribution in [3.05, 3.63) is 11.8 Å². The monoisotopic (exact) mass is 260 g/mol. The molecule has 18 heavy (non-hydrogen) atoms. The highest BCUT2D eigenvalue weighted by molar-refractivity contribution is 5.46. The van der Waals surface area contributed by atoms with Gasteiger partial charge in [-0.25, -0.2) is 4.98 Å². The first-order valence-electron chi connectivity index (χ1n) is 5.76. The van der Waals surface area contributed by atoms with Crippen molar-refractivity contribution in [1.29, 1.82) is 0 Å². The van der Waals surface area contributed by atoms with Gasteiger partial charge in [-0.1, -0.05) is 0 Å². The number of halogens is 3. The lowest BCUT2D eigenvalue weighted by atomic mass is 10.3. The van der Waals surface area contributed by atoms with Crippen LogP contribution in [0, 0.1) is 0 Å². The smallest absolute Gasteiger partial charge is 0.363 e. The first-order valence-corrected chi connectivity index (χ1v) is 5.76. The molecule has 0 spiro atoms. The average molecular weight is 260 g/mol.